The van der Waals surface area contributed by atoms with Gasteiger partial charge in [-0.2, -0.15) is 0 Å². The van der Waals surface area contributed by atoms with Crippen LogP contribution >= 0.6 is 0 Å². The number of hydrogen-bond acceptors (Lipinski definition) is 2. The maximum atomic E-state index is 12.8. The average molecular weight is 258 g/mol. The summed E-state index contributed by atoms with van der Waals surface area (Å²) in [5.74, 6) is -0.310. The van der Waals surface area contributed by atoms with Crippen LogP contribution in [0.4, 0.5) is 4.39 Å². The molecule has 0 saturated heterocycles. The fourth-order valence-electron chi connectivity index (χ4n) is 1.73. The lowest BCUT2D eigenvalue weighted by Gasteiger charge is -2.16. The molecule has 1 amide bonds. The van der Waals surface area contributed by atoms with Crippen LogP contribution in [0.15, 0.2) is 48.7 Å². The second-order valence-corrected chi connectivity index (χ2v) is 4.37. The lowest BCUT2D eigenvalue weighted by Crippen LogP contribution is -2.28. The molecule has 19 heavy (non-hydrogen) atoms. The highest BCUT2D eigenvalue weighted by Crippen LogP contribution is 2.06. The molecule has 0 saturated carbocycles. The van der Waals surface area contributed by atoms with E-state index in [9.17, 15) is 9.18 Å². The molecule has 1 aromatic carbocycles. The van der Waals surface area contributed by atoms with Gasteiger partial charge < -0.3 is 4.90 Å². The van der Waals surface area contributed by atoms with E-state index in [1.54, 1.807) is 30.3 Å². The van der Waals surface area contributed by atoms with Gasteiger partial charge in [-0.3, -0.25) is 9.78 Å². The predicted molar refractivity (Wildman–Crippen MR) is 70.8 cm³/mol. The van der Waals surface area contributed by atoms with Gasteiger partial charge in [0, 0.05) is 13.2 Å². The second-order valence-electron chi connectivity index (χ2n) is 4.37. The van der Waals surface area contributed by atoms with Gasteiger partial charge >= 0.3 is 0 Å². The molecule has 0 aliphatic heterocycles. The summed E-state index contributed by atoms with van der Waals surface area (Å²) < 4.78 is 12.8. The molecule has 0 aliphatic carbocycles. The van der Waals surface area contributed by atoms with Crippen molar-refractivity contribution in [1.29, 1.82) is 0 Å². The number of likely N-dealkylation sites (N-methyl/N-ethyl adjacent to an activating group) is 1. The first-order chi connectivity index (χ1) is 9.15. The Bertz CT molecular complexity index is 540. The van der Waals surface area contributed by atoms with Crippen LogP contribution in [0.3, 0.4) is 0 Å². The van der Waals surface area contributed by atoms with E-state index in [1.165, 1.54) is 12.1 Å². The fourth-order valence-corrected chi connectivity index (χ4v) is 1.73. The number of aromatic nitrogens is 1. The molecule has 0 bridgehead atoms. The minimum Gasteiger partial charge on any atom is -0.340 e. The summed E-state index contributed by atoms with van der Waals surface area (Å²) in [7, 11) is 1.74. The average Bonchev–Trinajstić information content (AvgIpc) is 2.42. The van der Waals surface area contributed by atoms with Crippen molar-refractivity contribution in [2.45, 2.75) is 13.0 Å². The summed E-state index contributed by atoms with van der Waals surface area (Å²) in [4.78, 5) is 17.8. The molecule has 2 aromatic rings. The quantitative estimate of drug-likeness (QED) is 0.843. The topological polar surface area (TPSA) is 33.2 Å². The van der Waals surface area contributed by atoms with Crippen LogP contribution in [0.2, 0.25) is 0 Å². The predicted octanol–water partition coefficient (Wildman–Crippen LogP) is 2.42. The first-order valence-electron chi connectivity index (χ1n) is 6.03. The number of carbonyl (C=O) groups is 1. The van der Waals surface area contributed by atoms with Crippen LogP contribution in [0, 0.1) is 5.82 Å². The highest BCUT2D eigenvalue weighted by atomic mass is 19.1. The Labute approximate surface area is 111 Å². The largest absolute Gasteiger partial charge is 0.340 e. The number of rotatable bonds is 4. The molecule has 98 valence electrons. The van der Waals surface area contributed by atoms with Gasteiger partial charge in [-0.1, -0.05) is 18.2 Å². The molecule has 0 spiro atoms. The van der Waals surface area contributed by atoms with Crippen LogP contribution in [-0.4, -0.2) is 22.8 Å². The number of pyridine rings is 1. The van der Waals surface area contributed by atoms with Crippen molar-refractivity contribution in [3.05, 3.63) is 65.7 Å². The van der Waals surface area contributed by atoms with Gasteiger partial charge in [-0.15, -0.1) is 0 Å². The van der Waals surface area contributed by atoms with E-state index in [4.69, 9.17) is 0 Å². The Kier molecular flexibility index (Phi) is 4.23. The maximum absolute atomic E-state index is 12.8. The van der Waals surface area contributed by atoms with Gasteiger partial charge in [0.25, 0.3) is 0 Å². The van der Waals surface area contributed by atoms with E-state index in [0.717, 1.165) is 11.3 Å². The monoisotopic (exact) mass is 258 g/mol. The van der Waals surface area contributed by atoms with Gasteiger partial charge in [0.1, 0.15) is 5.82 Å². The van der Waals surface area contributed by atoms with Crippen molar-refractivity contribution < 1.29 is 9.18 Å². The fraction of sp³-hybridized carbons (Fsp3) is 0.200. The van der Waals surface area contributed by atoms with E-state index in [1.807, 2.05) is 18.2 Å². The molecule has 2 rings (SSSR count). The third-order valence-electron chi connectivity index (χ3n) is 2.82. The molecule has 0 unspecified atom stereocenters. The third-order valence-corrected chi connectivity index (χ3v) is 2.82. The van der Waals surface area contributed by atoms with E-state index < -0.39 is 0 Å². The number of halogens is 1. The SMILES string of the molecule is CN(Cc1ccccn1)C(=O)Cc1ccc(F)cc1. The zero-order valence-electron chi connectivity index (χ0n) is 10.7. The lowest BCUT2D eigenvalue weighted by molar-refractivity contribution is -0.129. The van der Waals surface area contributed by atoms with Crippen molar-refractivity contribution >= 4 is 5.91 Å². The first kappa shape index (κ1) is 13.2. The van der Waals surface area contributed by atoms with Gasteiger partial charge in [0.15, 0.2) is 0 Å². The van der Waals surface area contributed by atoms with E-state index in [-0.39, 0.29) is 18.1 Å². The number of benzene rings is 1. The van der Waals surface area contributed by atoms with Gasteiger partial charge in [0.2, 0.25) is 5.91 Å². The number of nitrogens with zero attached hydrogens (tertiary/aromatic N) is 2. The second kappa shape index (κ2) is 6.09. The molecule has 1 heterocycles. The Morgan fingerprint density at radius 3 is 2.58 bits per heavy atom. The Balaban J connectivity index is 1.94. The number of amides is 1. The Morgan fingerprint density at radius 1 is 1.21 bits per heavy atom. The standard InChI is InChI=1S/C15H15FN2O/c1-18(11-14-4-2-3-9-17-14)15(19)10-12-5-7-13(16)8-6-12/h2-9H,10-11H2,1H3. The van der Waals surface area contributed by atoms with E-state index in [0.29, 0.717) is 6.54 Å². The Morgan fingerprint density at radius 2 is 1.95 bits per heavy atom. The minimum atomic E-state index is -0.293. The lowest BCUT2D eigenvalue weighted by atomic mass is 10.1. The zero-order chi connectivity index (χ0) is 13.7. The highest BCUT2D eigenvalue weighted by molar-refractivity contribution is 5.78. The van der Waals surface area contributed by atoms with Crippen molar-refractivity contribution in [2.75, 3.05) is 7.05 Å². The summed E-state index contributed by atoms with van der Waals surface area (Å²) in [6.07, 6.45) is 1.97. The molecule has 0 atom stereocenters. The van der Waals surface area contributed by atoms with E-state index >= 15 is 0 Å². The summed E-state index contributed by atoms with van der Waals surface area (Å²) in [5.41, 5.74) is 1.65. The molecular weight excluding hydrogens is 243 g/mol. The molecule has 0 aliphatic rings. The first-order valence-corrected chi connectivity index (χ1v) is 6.03. The third kappa shape index (κ3) is 3.88. The van der Waals surface area contributed by atoms with Gasteiger partial charge in [-0.05, 0) is 29.8 Å². The Hall–Kier alpha value is -2.23. The van der Waals surface area contributed by atoms with Crippen LogP contribution < -0.4 is 0 Å². The molecule has 0 radical (unpaired) electrons. The molecule has 4 heteroatoms. The maximum Gasteiger partial charge on any atom is 0.227 e. The molecule has 1 aromatic heterocycles. The molecule has 3 nitrogen and oxygen atoms in total. The van der Waals surface area contributed by atoms with Crippen LogP contribution in [0.25, 0.3) is 0 Å². The van der Waals surface area contributed by atoms with Crippen molar-refractivity contribution in [1.82, 2.24) is 9.88 Å². The van der Waals surface area contributed by atoms with Crippen molar-refractivity contribution in [3.8, 4) is 0 Å². The van der Waals surface area contributed by atoms with Gasteiger partial charge in [-0.25, -0.2) is 4.39 Å². The van der Waals surface area contributed by atoms with Crippen LogP contribution in [0.5, 0.6) is 0 Å². The summed E-state index contributed by atoms with van der Waals surface area (Å²) in [6, 6.07) is 11.6. The van der Waals surface area contributed by atoms with Crippen LogP contribution in [0.1, 0.15) is 11.3 Å². The molecule has 0 fully saturated rings. The highest BCUT2D eigenvalue weighted by Gasteiger charge is 2.10. The van der Waals surface area contributed by atoms with Crippen LogP contribution in [-0.2, 0) is 17.8 Å². The zero-order valence-corrected chi connectivity index (χ0v) is 10.7. The molecule has 0 N–H and O–H groups in total. The minimum absolute atomic E-state index is 0.0164. The molecular formula is C15H15FN2O. The summed E-state index contributed by atoms with van der Waals surface area (Å²) >= 11 is 0. The smallest absolute Gasteiger partial charge is 0.227 e. The number of hydrogen-bond donors (Lipinski definition) is 0. The van der Waals surface area contributed by atoms with Gasteiger partial charge in [0.05, 0.1) is 18.7 Å². The summed E-state index contributed by atoms with van der Waals surface area (Å²) in [6.45, 7) is 0.473. The summed E-state index contributed by atoms with van der Waals surface area (Å²) in [5, 5.41) is 0. The number of carbonyl (C=O) groups excluding carboxylic acids is 1. The van der Waals surface area contributed by atoms with Crippen molar-refractivity contribution in [2.24, 2.45) is 0 Å². The van der Waals surface area contributed by atoms with Crippen molar-refractivity contribution in [3.63, 3.8) is 0 Å². The normalized spacial score (nSPS) is 10.2. The van der Waals surface area contributed by atoms with E-state index in [2.05, 4.69) is 4.98 Å².